The average Bonchev–Trinajstić information content (AvgIpc) is 2.54. The molecule has 28 heavy (non-hydrogen) atoms. The van der Waals surface area contributed by atoms with Gasteiger partial charge in [-0.1, -0.05) is 0 Å². The number of alkyl halides is 1. The van der Waals surface area contributed by atoms with E-state index in [0.29, 0.717) is 11.3 Å². The molecule has 1 rings (SSSR count). The Balaban J connectivity index is 2.45. The van der Waals surface area contributed by atoms with Crippen molar-refractivity contribution in [1.82, 2.24) is 5.32 Å². The van der Waals surface area contributed by atoms with E-state index in [1.165, 1.54) is 24.3 Å². The number of halogens is 1. The number of carbonyl (C=O) groups excluding carboxylic acids is 3. The third kappa shape index (κ3) is 9.34. The van der Waals surface area contributed by atoms with Crippen LogP contribution in [0, 0.1) is 0 Å². The Kier molecular flexibility index (Phi) is 7.96. The number of rotatable bonds is 7. The number of esters is 1. The van der Waals surface area contributed by atoms with Crippen LogP contribution in [-0.2, 0) is 14.3 Å². The smallest absolute Gasteiger partial charge is 0.407 e. The van der Waals surface area contributed by atoms with E-state index in [-0.39, 0.29) is 0 Å². The fourth-order valence-corrected chi connectivity index (χ4v) is 1.87. The molecule has 0 aromatic heterocycles. The molecule has 1 aromatic carbocycles. The minimum absolute atomic E-state index is 0.299. The molecule has 1 amide bonds. The van der Waals surface area contributed by atoms with E-state index in [1.807, 2.05) is 0 Å². The second-order valence-electron chi connectivity index (χ2n) is 8.13. The van der Waals surface area contributed by atoms with E-state index in [9.17, 15) is 18.8 Å². The van der Waals surface area contributed by atoms with Crippen LogP contribution in [0.3, 0.4) is 0 Å². The molecule has 7 nitrogen and oxygen atoms in total. The quantitative estimate of drug-likeness (QED) is 0.709. The zero-order chi connectivity index (χ0) is 21.5. The van der Waals surface area contributed by atoms with Gasteiger partial charge >= 0.3 is 12.1 Å². The summed E-state index contributed by atoms with van der Waals surface area (Å²) in [5.74, 6) is -1.01. The molecule has 1 atom stereocenters. The first kappa shape index (κ1) is 23.4. The van der Waals surface area contributed by atoms with Gasteiger partial charge in [0.15, 0.2) is 6.17 Å². The topological polar surface area (TPSA) is 90.9 Å². The number of ether oxygens (including phenoxy) is 3. The Bertz CT molecular complexity index is 688. The van der Waals surface area contributed by atoms with Crippen LogP contribution in [0.1, 0.15) is 51.9 Å². The number of alkyl carbamates (subject to hydrolysis) is 1. The maximum absolute atomic E-state index is 13.9. The first-order chi connectivity index (χ1) is 12.8. The summed E-state index contributed by atoms with van der Waals surface area (Å²) in [6.45, 7) is 9.29. The summed E-state index contributed by atoms with van der Waals surface area (Å²) in [5, 5.41) is 2.19. The van der Waals surface area contributed by atoms with Gasteiger partial charge in [0.05, 0.1) is 12.1 Å². The highest BCUT2D eigenvalue weighted by Gasteiger charge is 2.22. The lowest BCUT2D eigenvalue weighted by Gasteiger charge is -2.20. The summed E-state index contributed by atoms with van der Waals surface area (Å²) in [6.07, 6.45) is -2.73. The molecule has 8 heteroatoms. The van der Waals surface area contributed by atoms with Crippen molar-refractivity contribution in [3.05, 3.63) is 29.8 Å². The van der Waals surface area contributed by atoms with Gasteiger partial charge in [-0.25, -0.2) is 14.0 Å². The number of nitrogens with one attached hydrogen (secondary N) is 1. The highest BCUT2D eigenvalue weighted by Crippen LogP contribution is 2.16. The van der Waals surface area contributed by atoms with E-state index >= 15 is 0 Å². The van der Waals surface area contributed by atoms with E-state index in [0.717, 1.165) is 0 Å². The molecule has 0 aliphatic carbocycles. The van der Waals surface area contributed by atoms with Gasteiger partial charge in [0.1, 0.15) is 23.6 Å². The highest BCUT2D eigenvalue weighted by molar-refractivity contribution is 5.89. The average molecular weight is 397 g/mol. The number of hydrogen-bond donors (Lipinski definition) is 1. The van der Waals surface area contributed by atoms with Gasteiger partial charge in [-0.2, -0.15) is 0 Å². The summed E-state index contributed by atoms with van der Waals surface area (Å²) in [7, 11) is 0. The van der Waals surface area contributed by atoms with Crippen LogP contribution in [-0.4, -0.2) is 48.4 Å². The molecule has 1 aromatic rings. The second kappa shape index (κ2) is 9.52. The van der Waals surface area contributed by atoms with Crippen LogP contribution in [0.5, 0.6) is 5.75 Å². The van der Waals surface area contributed by atoms with Gasteiger partial charge in [-0.15, -0.1) is 0 Å². The normalized spacial score (nSPS) is 12.7. The van der Waals surface area contributed by atoms with Crippen LogP contribution in [0.15, 0.2) is 24.3 Å². The minimum atomic E-state index is -1.92. The van der Waals surface area contributed by atoms with Crippen molar-refractivity contribution >= 4 is 17.8 Å². The van der Waals surface area contributed by atoms with Crippen molar-refractivity contribution in [2.24, 2.45) is 0 Å². The summed E-state index contributed by atoms with van der Waals surface area (Å²) in [4.78, 5) is 35.2. The van der Waals surface area contributed by atoms with E-state index in [2.05, 4.69) is 5.32 Å². The van der Waals surface area contributed by atoms with Gasteiger partial charge < -0.3 is 19.5 Å². The Morgan fingerprint density at radius 1 is 0.964 bits per heavy atom. The molecule has 1 unspecified atom stereocenters. The molecule has 0 aliphatic heterocycles. The van der Waals surface area contributed by atoms with Crippen molar-refractivity contribution in [3.8, 4) is 5.75 Å². The predicted molar refractivity (Wildman–Crippen MR) is 101 cm³/mol. The molecule has 0 bridgehead atoms. The molecule has 0 saturated carbocycles. The number of amides is 1. The van der Waals surface area contributed by atoms with Crippen molar-refractivity contribution in [2.75, 3.05) is 13.2 Å². The Labute approximate surface area is 164 Å². The highest BCUT2D eigenvalue weighted by atomic mass is 19.1. The molecular formula is C20H28FNO6. The van der Waals surface area contributed by atoms with E-state index < -0.39 is 48.4 Å². The maximum Gasteiger partial charge on any atom is 0.407 e. The molecule has 0 saturated heterocycles. The summed E-state index contributed by atoms with van der Waals surface area (Å²) >= 11 is 0. The Morgan fingerprint density at radius 3 is 2.00 bits per heavy atom. The number of Topliss-reactive ketones (excluding diaryl/α,β-unsaturated/α-hetero) is 1. The lowest BCUT2D eigenvalue weighted by atomic mass is 10.1. The molecule has 0 radical (unpaired) electrons. The number of benzene rings is 1. The van der Waals surface area contributed by atoms with Gasteiger partial charge in [0, 0.05) is 0 Å². The fraction of sp³-hybridized carbons (Fsp3) is 0.550. The Hall–Kier alpha value is -2.64. The van der Waals surface area contributed by atoms with Crippen LogP contribution in [0.2, 0.25) is 0 Å². The zero-order valence-electron chi connectivity index (χ0n) is 17.1. The number of carbonyl (C=O) groups is 3. The molecule has 0 fully saturated rings. The molecule has 0 aliphatic rings. The van der Waals surface area contributed by atoms with Gasteiger partial charge in [-0.05, 0) is 65.8 Å². The lowest BCUT2D eigenvalue weighted by molar-refractivity contribution is -0.125. The van der Waals surface area contributed by atoms with Crippen molar-refractivity contribution in [1.29, 1.82) is 0 Å². The van der Waals surface area contributed by atoms with Crippen LogP contribution in [0.4, 0.5) is 9.18 Å². The number of ketones is 1. The third-order valence-electron chi connectivity index (χ3n) is 3.04. The molecule has 1 N–H and O–H groups in total. The molecule has 0 heterocycles. The lowest BCUT2D eigenvalue weighted by Crippen LogP contribution is -2.39. The van der Waals surface area contributed by atoms with Crippen molar-refractivity contribution in [2.45, 2.75) is 58.9 Å². The van der Waals surface area contributed by atoms with Crippen molar-refractivity contribution in [3.63, 3.8) is 0 Å². The molecular weight excluding hydrogens is 369 g/mol. The molecule has 0 spiro atoms. The summed E-state index contributed by atoms with van der Waals surface area (Å²) in [5.41, 5.74) is -0.991. The van der Waals surface area contributed by atoms with E-state index in [1.54, 1.807) is 41.5 Å². The predicted octanol–water partition coefficient (Wildman–Crippen LogP) is 3.45. The summed E-state index contributed by atoms with van der Waals surface area (Å²) in [6, 6.07) is 5.95. The van der Waals surface area contributed by atoms with Crippen molar-refractivity contribution < 1.29 is 33.0 Å². The number of hydrogen-bond acceptors (Lipinski definition) is 6. The van der Waals surface area contributed by atoms with Gasteiger partial charge in [0.2, 0.25) is 5.78 Å². The first-order valence-corrected chi connectivity index (χ1v) is 8.87. The largest absolute Gasteiger partial charge is 0.486 e. The minimum Gasteiger partial charge on any atom is -0.486 e. The maximum atomic E-state index is 13.9. The fourth-order valence-electron chi connectivity index (χ4n) is 1.87. The summed E-state index contributed by atoms with van der Waals surface area (Å²) < 4.78 is 29.3. The van der Waals surface area contributed by atoms with E-state index in [4.69, 9.17) is 14.2 Å². The monoisotopic (exact) mass is 397 g/mol. The van der Waals surface area contributed by atoms with Gasteiger partial charge in [-0.3, -0.25) is 4.79 Å². The molecule has 156 valence electrons. The first-order valence-electron chi connectivity index (χ1n) is 8.87. The second-order valence-corrected chi connectivity index (χ2v) is 8.13. The zero-order valence-corrected chi connectivity index (χ0v) is 17.1. The SMILES string of the molecule is CC(C)(C)OC(=O)NCC(F)C(=O)COc1ccc(C(=O)OC(C)(C)C)cc1. The standard InChI is InChI=1S/C20H28FNO6/c1-19(2,3)27-17(24)13-7-9-14(10-8-13)26-12-16(23)15(21)11-22-18(25)28-20(4,5)6/h7-10,15H,11-12H2,1-6H3,(H,22,25). The Morgan fingerprint density at radius 2 is 1.50 bits per heavy atom. The third-order valence-corrected chi connectivity index (χ3v) is 3.04. The van der Waals surface area contributed by atoms with Crippen LogP contribution in [0.25, 0.3) is 0 Å². The van der Waals surface area contributed by atoms with Crippen LogP contribution < -0.4 is 10.1 Å². The van der Waals surface area contributed by atoms with Crippen LogP contribution >= 0.6 is 0 Å². The van der Waals surface area contributed by atoms with Gasteiger partial charge in [0.25, 0.3) is 0 Å².